The van der Waals surface area contributed by atoms with Crippen molar-refractivity contribution < 1.29 is 22.7 Å². The molecule has 2 aliphatic heterocycles. The second kappa shape index (κ2) is 10.4. The van der Waals surface area contributed by atoms with Crippen LogP contribution in [0, 0.1) is 5.41 Å². The Kier molecular flexibility index (Phi) is 6.75. The highest BCUT2D eigenvalue weighted by Crippen LogP contribution is 2.32. The van der Waals surface area contributed by atoms with Crippen LogP contribution in [0.5, 0.6) is 5.75 Å². The number of fused-ring (bicyclic) bond motifs is 2. The maximum absolute atomic E-state index is 12.9. The highest BCUT2D eigenvalue weighted by atomic mass is 19.4. The zero-order chi connectivity index (χ0) is 27.9. The molecular weight excluding hydrogens is 521 g/mol. The summed E-state index contributed by atoms with van der Waals surface area (Å²) in [5.74, 6) is -0.487. The number of carbonyl (C=O) groups is 1. The van der Waals surface area contributed by atoms with Crippen LogP contribution in [-0.4, -0.2) is 75.1 Å². The van der Waals surface area contributed by atoms with Gasteiger partial charge in [-0.15, -0.1) is 0 Å². The van der Waals surface area contributed by atoms with Crippen LogP contribution in [0.25, 0.3) is 27.9 Å². The zero-order valence-electron chi connectivity index (χ0n) is 21.6. The summed E-state index contributed by atoms with van der Waals surface area (Å²) in [5, 5.41) is 12.4. The molecule has 6 rings (SSSR count). The van der Waals surface area contributed by atoms with Crippen molar-refractivity contribution in [3.63, 3.8) is 0 Å². The monoisotopic (exact) mass is 548 g/mol. The third kappa shape index (κ3) is 5.16. The first-order valence-corrected chi connectivity index (χ1v) is 13.2. The van der Waals surface area contributed by atoms with E-state index >= 15 is 0 Å². The molecule has 40 heavy (non-hydrogen) atoms. The maximum atomic E-state index is 12.9. The van der Waals surface area contributed by atoms with Crippen molar-refractivity contribution in [3.8, 4) is 28.0 Å². The number of aromatic nitrogens is 3. The molecule has 4 heterocycles. The van der Waals surface area contributed by atoms with Crippen LogP contribution in [0.3, 0.4) is 0 Å². The lowest BCUT2D eigenvalue weighted by molar-refractivity contribution is -0.134. The van der Waals surface area contributed by atoms with E-state index in [0.717, 1.165) is 36.5 Å². The van der Waals surface area contributed by atoms with Gasteiger partial charge < -0.3 is 4.74 Å². The second-order valence-corrected chi connectivity index (χ2v) is 10.1. The number of likely N-dealkylation sites (tertiary alicyclic amines) is 1. The first kappa shape index (κ1) is 26.0. The van der Waals surface area contributed by atoms with Gasteiger partial charge in [-0.2, -0.15) is 18.3 Å². The van der Waals surface area contributed by atoms with E-state index in [9.17, 15) is 18.0 Å². The zero-order valence-corrected chi connectivity index (χ0v) is 21.6. The lowest BCUT2D eigenvalue weighted by atomic mass is 10.0. The van der Waals surface area contributed by atoms with Crippen LogP contribution < -0.4 is 4.74 Å². The van der Waals surface area contributed by atoms with Gasteiger partial charge in [-0.1, -0.05) is 24.6 Å². The molecule has 2 aliphatic rings. The molecular formula is C29H27F3N6O2. The Hall–Kier alpha value is -4.25. The summed E-state index contributed by atoms with van der Waals surface area (Å²) in [6, 6.07) is 12.5. The molecule has 1 fully saturated rings. The van der Waals surface area contributed by atoms with Crippen LogP contribution in [-0.2, 0) is 0 Å². The number of ether oxygens (including phenoxy) is 1. The molecule has 11 heteroatoms. The third-order valence-corrected chi connectivity index (χ3v) is 7.34. The van der Waals surface area contributed by atoms with E-state index in [2.05, 4.69) is 15.0 Å². The van der Waals surface area contributed by atoms with Gasteiger partial charge in [-0.3, -0.25) is 20.0 Å². The summed E-state index contributed by atoms with van der Waals surface area (Å²) in [4.78, 5) is 20.1. The van der Waals surface area contributed by atoms with Crippen LogP contribution in [0.4, 0.5) is 13.2 Å². The Labute approximate surface area is 228 Å². The number of amides is 1. The fourth-order valence-corrected chi connectivity index (χ4v) is 5.26. The smallest absolute Gasteiger partial charge is 0.406 e. The first-order valence-electron chi connectivity index (χ1n) is 13.2. The summed E-state index contributed by atoms with van der Waals surface area (Å²) in [5.41, 5.74) is 3.76. The first-order chi connectivity index (χ1) is 19.3. The number of carbonyl (C=O) groups excluding carboxylic acids is 1. The predicted octanol–water partition coefficient (Wildman–Crippen LogP) is 5.27. The van der Waals surface area contributed by atoms with Crippen molar-refractivity contribution in [1.82, 2.24) is 24.4 Å². The summed E-state index contributed by atoms with van der Waals surface area (Å²) in [7, 11) is 0. The summed E-state index contributed by atoms with van der Waals surface area (Å²) >= 11 is 0. The van der Waals surface area contributed by atoms with E-state index in [0.29, 0.717) is 28.3 Å². The van der Waals surface area contributed by atoms with Gasteiger partial charge in [0.25, 0.3) is 5.91 Å². The summed E-state index contributed by atoms with van der Waals surface area (Å²) in [6.07, 6.45) is 4.40. The van der Waals surface area contributed by atoms with Crippen molar-refractivity contribution in [3.05, 3.63) is 72.2 Å². The van der Waals surface area contributed by atoms with E-state index in [1.54, 1.807) is 23.0 Å². The number of rotatable bonds is 7. The fourth-order valence-electron chi connectivity index (χ4n) is 5.26. The van der Waals surface area contributed by atoms with Gasteiger partial charge >= 0.3 is 6.18 Å². The SMILES string of the molecule is N=C1c2ccc(-c3cnn4cc(-c5ccc(OCCN6CCCCC6)cc5)cnc34)cc2C(=O)N1CC(F)(F)F. The number of piperidine rings is 1. The largest absolute Gasteiger partial charge is 0.492 e. The average molecular weight is 549 g/mol. The predicted molar refractivity (Wildman–Crippen MR) is 144 cm³/mol. The normalized spacial score (nSPS) is 16.1. The molecule has 206 valence electrons. The molecule has 1 amide bonds. The lowest BCUT2D eigenvalue weighted by Gasteiger charge is -2.26. The van der Waals surface area contributed by atoms with Gasteiger partial charge in [0.05, 0.1) is 11.8 Å². The molecule has 0 saturated carbocycles. The minimum atomic E-state index is -4.60. The molecule has 0 radical (unpaired) electrons. The molecule has 8 nitrogen and oxygen atoms in total. The lowest BCUT2D eigenvalue weighted by Crippen LogP contribution is -2.38. The number of halogens is 3. The Bertz CT molecular complexity index is 1580. The van der Waals surface area contributed by atoms with Gasteiger partial charge in [-0.05, 0) is 61.3 Å². The minimum Gasteiger partial charge on any atom is -0.492 e. The fraction of sp³-hybridized carbons (Fsp3) is 0.310. The van der Waals surface area contributed by atoms with E-state index in [1.807, 2.05) is 30.5 Å². The number of nitrogens with one attached hydrogen (secondary N) is 1. The van der Waals surface area contributed by atoms with Gasteiger partial charge in [0, 0.05) is 35.6 Å². The number of alkyl halides is 3. The van der Waals surface area contributed by atoms with E-state index in [4.69, 9.17) is 10.1 Å². The Morgan fingerprint density at radius 1 is 0.900 bits per heavy atom. The minimum absolute atomic E-state index is 0.0564. The summed E-state index contributed by atoms with van der Waals surface area (Å²) < 4.78 is 46.3. The number of hydrogen-bond acceptors (Lipinski definition) is 6. The molecule has 0 aliphatic carbocycles. The molecule has 0 spiro atoms. The molecule has 0 unspecified atom stereocenters. The van der Waals surface area contributed by atoms with Crippen LogP contribution in [0.1, 0.15) is 35.2 Å². The van der Waals surface area contributed by atoms with Crippen molar-refractivity contribution in [2.75, 3.05) is 32.8 Å². The molecule has 4 aromatic rings. The van der Waals surface area contributed by atoms with Crippen LogP contribution in [0.15, 0.2) is 61.1 Å². The Balaban J connectivity index is 1.17. The molecule has 1 N–H and O–H groups in total. The number of nitrogens with zero attached hydrogens (tertiary/aromatic N) is 5. The average Bonchev–Trinajstić information content (AvgIpc) is 3.47. The van der Waals surface area contributed by atoms with E-state index in [-0.39, 0.29) is 11.1 Å². The molecule has 2 aromatic carbocycles. The Morgan fingerprint density at radius 3 is 2.40 bits per heavy atom. The van der Waals surface area contributed by atoms with E-state index < -0.39 is 24.5 Å². The second-order valence-electron chi connectivity index (χ2n) is 10.1. The maximum Gasteiger partial charge on any atom is 0.406 e. The van der Waals surface area contributed by atoms with Crippen molar-refractivity contribution in [2.24, 2.45) is 0 Å². The molecule has 1 saturated heterocycles. The van der Waals surface area contributed by atoms with Crippen LogP contribution in [0.2, 0.25) is 0 Å². The van der Waals surface area contributed by atoms with Crippen molar-refractivity contribution in [2.45, 2.75) is 25.4 Å². The topological polar surface area (TPSA) is 86.8 Å². The third-order valence-electron chi connectivity index (χ3n) is 7.34. The van der Waals surface area contributed by atoms with Gasteiger partial charge in [-0.25, -0.2) is 9.50 Å². The number of amidine groups is 1. The van der Waals surface area contributed by atoms with Gasteiger partial charge in [0.1, 0.15) is 24.7 Å². The molecule has 0 bridgehead atoms. The highest BCUT2D eigenvalue weighted by Gasteiger charge is 2.40. The molecule has 2 aromatic heterocycles. The van der Waals surface area contributed by atoms with Crippen molar-refractivity contribution >= 4 is 17.4 Å². The van der Waals surface area contributed by atoms with Crippen molar-refractivity contribution in [1.29, 1.82) is 5.41 Å². The highest BCUT2D eigenvalue weighted by molar-refractivity contribution is 6.22. The number of hydrogen-bond donors (Lipinski definition) is 1. The van der Waals surface area contributed by atoms with E-state index in [1.165, 1.54) is 31.4 Å². The summed E-state index contributed by atoms with van der Waals surface area (Å²) in [6.45, 7) is 2.36. The quantitative estimate of drug-likeness (QED) is 0.340. The standard InChI is InChI=1S/C29H27F3N6O2/c30-29(31,32)18-37-26(33)23-9-6-20(14-24(23)28(37)39)25-16-35-38-17-21(15-34-27(25)38)19-4-7-22(8-5-19)40-13-12-36-10-2-1-3-11-36/h4-9,14-17,33H,1-3,10-13,18H2. The van der Waals surface area contributed by atoms with Gasteiger partial charge in [0.2, 0.25) is 0 Å². The molecule has 0 atom stereocenters. The Morgan fingerprint density at radius 2 is 1.65 bits per heavy atom. The van der Waals surface area contributed by atoms with Gasteiger partial charge in [0.15, 0.2) is 5.65 Å². The van der Waals surface area contributed by atoms with Crippen LogP contribution >= 0.6 is 0 Å². The number of benzene rings is 2.